The first-order valence-electron chi connectivity index (χ1n) is 4.15. The highest BCUT2D eigenvalue weighted by molar-refractivity contribution is 7.89. The second kappa shape index (κ2) is 3.72. The van der Waals surface area contributed by atoms with E-state index in [0.29, 0.717) is 19.5 Å². The van der Waals surface area contributed by atoms with Gasteiger partial charge in [0.2, 0.25) is 10.0 Å². The summed E-state index contributed by atoms with van der Waals surface area (Å²) in [6, 6.07) is 0. The molecule has 1 heterocycles. The molecule has 0 radical (unpaired) electrons. The van der Waals surface area contributed by atoms with Crippen molar-refractivity contribution in [1.29, 1.82) is 0 Å². The molecular weight excluding hydrogens is 178 g/mol. The summed E-state index contributed by atoms with van der Waals surface area (Å²) in [5.74, 6) is 0.493. The van der Waals surface area contributed by atoms with E-state index in [0.717, 1.165) is 0 Å². The van der Waals surface area contributed by atoms with Crippen LogP contribution in [-0.4, -0.2) is 43.3 Å². The summed E-state index contributed by atoms with van der Waals surface area (Å²) in [7, 11) is -2.99. The number of nitrogens with zero attached hydrogens (tertiary/aromatic N) is 1. The van der Waals surface area contributed by atoms with E-state index in [9.17, 15) is 8.42 Å². The SMILES string of the molecule is CC1CN(CCCO)S(=O)(=O)C1. The molecule has 1 atom stereocenters. The molecule has 0 spiro atoms. The van der Waals surface area contributed by atoms with Gasteiger partial charge in [-0.05, 0) is 12.3 Å². The average Bonchev–Trinajstić information content (AvgIpc) is 2.20. The van der Waals surface area contributed by atoms with Crippen LogP contribution in [0.15, 0.2) is 0 Å². The Kier molecular flexibility index (Phi) is 3.09. The number of hydrogen-bond acceptors (Lipinski definition) is 3. The van der Waals surface area contributed by atoms with Crippen molar-refractivity contribution in [3.8, 4) is 0 Å². The van der Waals surface area contributed by atoms with Gasteiger partial charge in [-0.1, -0.05) is 6.92 Å². The Bertz CT molecular complexity index is 237. The number of aliphatic hydroxyl groups is 1. The van der Waals surface area contributed by atoms with Gasteiger partial charge in [-0.25, -0.2) is 12.7 Å². The minimum Gasteiger partial charge on any atom is -0.396 e. The fourth-order valence-corrected chi connectivity index (χ4v) is 3.38. The fraction of sp³-hybridized carbons (Fsp3) is 1.00. The molecule has 4 nitrogen and oxygen atoms in total. The Morgan fingerprint density at radius 2 is 2.25 bits per heavy atom. The third-order valence-corrected chi connectivity index (χ3v) is 4.08. The van der Waals surface area contributed by atoms with Crippen LogP contribution in [0, 0.1) is 5.92 Å². The summed E-state index contributed by atoms with van der Waals surface area (Å²) >= 11 is 0. The Balaban J connectivity index is 2.54. The van der Waals surface area contributed by atoms with Crippen LogP contribution in [0.25, 0.3) is 0 Å². The maximum absolute atomic E-state index is 11.3. The maximum Gasteiger partial charge on any atom is 0.214 e. The van der Waals surface area contributed by atoms with E-state index in [-0.39, 0.29) is 18.3 Å². The molecule has 1 aliphatic rings. The molecule has 0 amide bonds. The van der Waals surface area contributed by atoms with Crippen molar-refractivity contribution in [2.75, 3.05) is 25.4 Å². The number of hydrogen-bond donors (Lipinski definition) is 1. The monoisotopic (exact) mass is 193 g/mol. The third kappa shape index (κ3) is 2.18. The Hall–Kier alpha value is -0.130. The lowest BCUT2D eigenvalue weighted by atomic mass is 10.2. The first kappa shape index (κ1) is 9.95. The molecule has 0 aromatic rings. The van der Waals surface area contributed by atoms with Crippen molar-refractivity contribution in [1.82, 2.24) is 4.31 Å². The van der Waals surface area contributed by atoms with Gasteiger partial charge in [0.15, 0.2) is 0 Å². The molecule has 1 unspecified atom stereocenters. The van der Waals surface area contributed by atoms with Crippen molar-refractivity contribution in [2.24, 2.45) is 5.92 Å². The lowest BCUT2D eigenvalue weighted by Gasteiger charge is -2.12. The summed E-state index contributed by atoms with van der Waals surface area (Å²) in [6.45, 7) is 3.06. The smallest absolute Gasteiger partial charge is 0.214 e. The number of aliphatic hydroxyl groups excluding tert-OH is 1. The molecule has 1 aliphatic heterocycles. The van der Waals surface area contributed by atoms with Crippen LogP contribution in [0.4, 0.5) is 0 Å². The Labute approximate surface area is 73.2 Å². The molecule has 5 heteroatoms. The standard InChI is InChI=1S/C7H15NO3S/c1-7-5-8(3-2-4-9)12(10,11)6-7/h7,9H,2-6H2,1H3. The van der Waals surface area contributed by atoms with Crippen molar-refractivity contribution in [3.05, 3.63) is 0 Å². The number of sulfonamides is 1. The van der Waals surface area contributed by atoms with Gasteiger partial charge in [0.1, 0.15) is 0 Å². The molecule has 1 N–H and O–H groups in total. The lowest BCUT2D eigenvalue weighted by molar-refractivity contribution is 0.269. The quantitative estimate of drug-likeness (QED) is 0.666. The molecule has 12 heavy (non-hydrogen) atoms. The van der Waals surface area contributed by atoms with Crippen LogP contribution >= 0.6 is 0 Å². The molecule has 0 aromatic heterocycles. The van der Waals surface area contributed by atoms with E-state index in [1.54, 1.807) is 0 Å². The van der Waals surface area contributed by atoms with Gasteiger partial charge in [-0.2, -0.15) is 0 Å². The molecule has 0 aliphatic carbocycles. The molecule has 0 saturated carbocycles. The second-order valence-electron chi connectivity index (χ2n) is 3.32. The van der Waals surface area contributed by atoms with E-state index >= 15 is 0 Å². The first-order chi connectivity index (χ1) is 5.56. The van der Waals surface area contributed by atoms with Gasteiger partial charge in [0, 0.05) is 19.7 Å². The lowest BCUT2D eigenvalue weighted by Crippen LogP contribution is -2.27. The van der Waals surface area contributed by atoms with Crippen LogP contribution in [-0.2, 0) is 10.0 Å². The van der Waals surface area contributed by atoms with Gasteiger partial charge in [0.25, 0.3) is 0 Å². The topological polar surface area (TPSA) is 57.6 Å². The summed E-state index contributed by atoms with van der Waals surface area (Å²) in [5.41, 5.74) is 0. The minimum atomic E-state index is -2.99. The highest BCUT2D eigenvalue weighted by atomic mass is 32.2. The molecular formula is C7H15NO3S. The summed E-state index contributed by atoms with van der Waals surface area (Å²) in [4.78, 5) is 0. The highest BCUT2D eigenvalue weighted by Gasteiger charge is 2.32. The molecule has 0 bridgehead atoms. The number of rotatable bonds is 3. The van der Waals surface area contributed by atoms with Crippen LogP contribution in [0.5, 0.6) is 0 Å². The predicted molar refractivity (Wildman–Crippen MR) is 46.2 cm³/mol. The average molecular weight is 193 g/mol. The minimum absolute atomic E-state index is 0.0560. The molecule has 1 saturated heterocycles. The van der Waals surface area contributed by atoms with Crippen molar-refractivity contribution >= 4 is 10.0 Å². The maximum atomic E-state index is 11.3. The summed E-state index contributed by atoms with van der Waals surface area (Å²) in [6.07, 6.45) is 0.534. The van der Waals surface area contributed by atoms with Crippen LogP contribution in [0.1, 0.15) is 13.3 Å². The largest absolute Gasteiger partial charge is 0.396 e. The van der Waals surface area contributed by atoms with Crippen molar-refractivity contribution in [3.63, 3.8) is 0 Å². The molecule has 1 rings (SSSR count). The van der Waals surface area contributed by atoms with Gasteiger partial charge >= 0.3 is 0 Å². The first-order valence-corrected chi connectivity index (χ1v) is 5.76. The van der Waals surface area contributed by atoms with E-state index in [1.807, 2.05) is 6.92 Å². The predicted octanol–water partition coefficient (Wildman–Crippen LogP) is -0.350. The highest BCUT2D eigenvalue weighted by Crippen LogP contribution is 2.18. The van der Waals surface area contributed by atoms with Crippen molar-refractivity contribution in [2.45, 2.75) is 13.3 Å². The van der Waals surface area contributed by atoms with Crippen LogP contribution < -0.4 is 0 Å². The fourth-order valence-electron chi connectivity index (χ4n) is 1.46. The zero-order valence-electron chi connectivity index (χ0n) is 7.23. The molecule has 0 aromatic carbocycles. The van der Waals surface area contributed by atoms with Gasteiger partial charge in [-0.3, -0.25) is 0 Å². The summed E-state index contributed by atoms with van der Waals surface area (Å²) in [5, 5.41) is 8.54. The normalized spacial score (nSPS) is 29.3. The third-order valence-electron chi connectivity index (χ3n) is 1.97. The van der Waals surface area contributed by atoms with E-state index in [2.05, 4.69) is 0 Å². The van der Waals surface area contributed by atoms with Gasteiger partial charge < -0.3 is 5.11 Å². The second-order valence-corrected chi connectivity index (χ2v) is 5.33. The Morgan fingerprint density at radius 3 is 2.67 bits per heavy atom. The van der Waals surface area contributed by atoms with Crippen LogP contribution in [0.3, 0.4) is 0 Å². The van der Waals surface area contributed by atoms with Crippen molar-refractivity contribution < 1.29 is 13.5 Å². The van der Waals surface area contributed by atoms with E-state index in [1.165, 1.54) is 4.31 Å². The molecule has 72 valence electrons. The van der Waals surface area contributed by atoms with E-state index in [4.69, 9.17) is 5.11 Å². The molecule has 1 fully saturated rings. The Morgan fingerprint density at radius 1 is 1.58 bits per heavy atom. The van der Waals surface area contributed by atoms with Gasteiger partial charge in [-0.15, -0.1) is 0 Å². The zero-order valence-corrected chi connectivity index (χ0v) is 8.05. The zero-order chi connectivity index (χ0) is 9.19. The van der Waals surface area contributed by atoms with Crippen LogP contribution in [0.2, 0.25) is 0 Å². The van der Waals surface area contributed by atoms with Gasteiger partial charge in [0.05, 0.1) is 5.75 Å². The summed E-state index contributed by atoms with van der Waals surface area (Å²) < 4.78 is 24.1. The van der Waals surface area contributed by atoms with E-state index < -0.39 is 10.0 Å².